The molecule has 1 aliphatic heterocycles. The Kier molecular flexibility index (Phi) is 6.21. The molecule has 5 heteroatoms. The molecule has 0 aliphatic carbocycles. The first kappa shape index (κ1) is 14.4. The Morgan fingerprint density at radius 2 is 2.12 bits per heavy atom. The molecule has 0 spiro atoms. The van der Waals surface area contributed by atoms with Crippen molar-refractivity contribution < 1.29 is 13.6 Å². The normalized spacial score (nSPS) is 23.4. The molecule has 1 fully saturated rings. The van der Waals surface area contributed by atoms with Crippen LogP contribution in [0.5, 0.6) is 0 Å². The molecule has 3 nitrogen and oxygen atoms in total. The van der Waals surface area contributed by atoms with Crippen molar-refractivity contribution in [2.24, 2.45) is 0 Å². The minimum Gasteiger partial charge on any atom is -0.458 e. The molecule has 96 valence electrons. The number of epoxide rings is 1. The molecule has 0 aromatic rings. The Morgan fingerprint density at radius 3 is 2.62 bits per heavy atom. The maximum atomic E-state index is 6.22. The van der Waals surface area contributed by atoms with Gasteiger partial charge in [0, 0.05) is 6.61 Å². The number of rotatable bonds is 9. The van der Waals surface area contributed by atoms with Crippen molar-refractivity contribution in [1.82, 2.24) is 0 Å². The summed E-state index contributed by atoms with van der Waals surface area (Å²) in [5.74, 6) is 0. The van der Waals surface area contributed by atoms with Crippen molar-refractivity contribution in [2.75, 3.05) is 19.8 Å². The lowest BCUT2D eigenvalue weighted by Crippen LogP contribution is -2.38. The fourth-order valence-corrected chi connectivity index (χ4v) is 8.75. The molecule has 2 atom stereocenters. The Morgan fingerprint density at radius 1 is 1.44 bits per heavy atom. The van der Waals surface area contributed by atoms with Crippen molar-refractivity contribution in [1.29, 1.82) is 0 Å². The number of hydrogen-bond acceptors (Lipinski definition) is 3. The quantitative estimate of drug-likeness (QED) is 0.363. The van der Waals surface area contributed by atoms with E-state index in [1.807, 2.05) is 0 Å². The summed E-state index contributed by atoms with van der Waals surface area (Å²) in [4.78, 5) is 0. The third-order valence-corrected chi connectivity index (χ3v) is 10.0. The highest BCUT2D eigenvalue weighted by Gasteiger charge is 2.27. The molecule has 0 N–H and O–H groups in total. The van der Waals surface area contributed by atoms with Gasteiger partial charge in [0.1, 0.15) is 6.10 Å². The van der Waals surface area contributed by atoms with Gasteiger partial charge in [-0.15, -0.1) is 0 Å². The maximum Gasteiger partial charge on any atom is 0.176 e. The predicted octanol–water partition coefficient (Wildman–Crippen LogP) is 2.39. The van der Waals surface area contributed by atoms with Crippen LogP contribution in [-0.4, -0.2) is 43.3 Å². The average molecular weight is 262 g/mol. The van der Waals surface area contributed by atoms with Crippen molar-refractivity contribution in [3.05, 3.63) is 0 Å². The molecule has 1 saturated heterocycles. The second-order valence-corrected chi connectivity index (χ2v) is 12.3. The van der Waals surface area contributed by atoms with Crippen LogP contribution >= 0.6 is 0 Å². The predicted molar refractivity (Wildman–Crippen MR) is 72.0 cm³/mol. The third-order valence-electron chi connectivity index (χ3n) is 2.97. The van der Waals surface area contributed by atoms with Crippen LogP contribution in [0.25, 0.3) is 0 Å². The van der Waals surface area contributed by atoms with Gasteiger partial charge in [-0.3, -0.25) is 0 Å². The highest BCUT2D eigenvalue weighted by atomic mass is 28.4. The van der Waals surface area contributed by atoms with Gasteiger partial charge < -0.3 is 13.6 Å². The summed E-state index contributed by atoms with van der Waals surface area (Å²) in [5.41, 5.74) is 0. The molecule has 0 amide bonds. The van der Waals surface area contributed by atoms with Crippen LogP contribution < -0.4 is 0 Å². The van der Waals surface area contributed by atoms with Crippen LogP contribution in [0.1, 0.15) is 13.3 Å². The minimum atomic E-state index is -1.40. The molecule has 0 radical (unpaired) electrons. The van der Waals surface area contributed by atoms with Crippen molar-refractivity contribution in [2.45, 2.75) is 51.2 Å². The van der Waals surface area contributed by atoms with E-state index in [0.717, 1.165) is 26.2 Å². The highest BCUT2D eigenvalue weighted by molar-refractivity contribution is 6.78. The van der Waals surface area contributed by atoms with Gasteiger partial charge in [0.2, 0.25) is 0 Å². The summed E-state index contributed by atoms with van der Waals surface area (Å²) in [6.45, 7) is 11.7. The van der Waals surface area contributed by atoms with E-state index < -0.39 is 17.4 Å². The molecule has 0 aromatic heterocycles. The summed E-state index contributed by atoms with van der Waals surface area (Å²) in [5, 5.41) is 0. The Bertz CT molecular complexity index is 198. The van der Waals surface area contributed by atoms with E-state index in [1.54, 1.807) is 0 Å². The molecular formula is C11H26O3Si2. The van der Waals surface area contributed by atoms with Crippen LogP contribution in [0.2, 0.25) is 31.7 Å². The summed E-state index contributed by atoms with van der Waals surface area (Å²) in [6, 6.07) is 2.46. The molecule has 2 unspecified atom stereocenters. The van der Waals surface area contributed by atoms with E-state index in [9.17, 15) is 0 Å². The lowest BCUT2D eigenvalue weighted by Gasteiger charge is -2.28. The zero-order valence-electron chi connectivity index (χ0n) is 11.1. The molecule has 1 aliphatic rings. The Hall–Kier alpha value is 0.314. The van der Waals surface area contributed by atoms with Crippen molar-refractivity contribution in [3.8, 4) is 0 Å². The molecule has 1 rings (SSSR count). The van der Waals surface area contributed by atoms with Crippen LogP contribution in [0, 0.1) is 0 Å². The van der Waals surface area contributed by atoms with Crippen molar-refractivity contribution >= 4 is 17.4 Å². The Labute approximate surface area is 102 Å². The first-order valence-electron chi connectivity index (χ1n) is 6.43. The van der Waals surface area contributed by atoms with E-state index in [4.69, 9.17) is 13.6 Å². The molecular weight excluding hydrogens is 236 g/mol. The monoisotopic (exact) mass is 262 g/mol. The van der Waals surface area contributed by atoms with Crippen LogP contribution in [0.15, 0.2) is 0 Å². The fourth-order valence-electron chi connectivity index (χ4n) is 1.82. The fraction of sp³-hybridized carbons (Fsp3) is 1.00. The summed E-state index contributed by atoms with van der Waals surface area (Å²) in [6.07, 6.45) is 1.54. The van der Waals surface area contributed by atoms with Crippen LogP contribution in [0.4, 0.5) is 0 Å². The second kappa shape index (κ2) is 6.91. The van der Waals surface area contributed by atoms with Gasteiger partial charge in [-0.2, -0.15) is 0 Å². The minimum absolute atomic E-state index is 0.397. The SMILES string of the molecule is CC[Si](C)(CCCOCC1CO1)O[SiH](C)C. The first-order chi connectivity index (χ1) is 7.56. The third kappa shape index (κ3) is 6.15. The van der Waals surface area contributed by atoms with Crippen LogP contribution in [0.3, 0.4) is 0 Å². The molecule has 16 heavy (non-hydrogen) atoms. The Balaban J connectivity index is 2.06. The van der Waals surface area contributed by atoms with Gasteiger partial charge in [-0.05, 0) is 38.2 Å². The van der Waals surface area contributed by atoms with Gasteiger partial charge in [0.05, 0.1) is 13.2 Å². The van der Waals surface area contributed by atoms with E-state index in [-0.39, 0.29) is 0 Å². The summed E-state index contributed by atoms with van der Waals surface area (Å²) in [7, 11) is -2.27. The second-order valence-electron chi connectivity index (χ2n) is 5.10. The zero-order chi connectivity index (χ0) is 12.0. The molecule has 0 aromatic carbocycles. The van der Waals surface area contributed by atoms with Gasteiger partial charge in [-0.1, -0.05) is 6.92 Å². The molecule has 0 bridgehead atoms. The van der Waals surface area contributed by atoms with Gasteiger partial charge in [0.25, 0.3) is 0 Å². The standard InChI is InChI=1S/C11H26O3Si2/c1-5-16(4,14-15(2)3)8-6-7-12-9-11-10-13-11/h11,15H,5-10H2,1-4H3. The number of hydrogen-bond donors (Lipinski definition) is 0. The lowest BCUT2D eigenvalue weighted by molar-refractivity contribution is 0.116. The summed E-state index contributed by atoms with van der Waals surface area (Å²) < 4.78 is 16.9. The average Bonchev–Trinajstić information content (AvgIpc) is 3.00. The maximum absolute atomic E-state index is 6.22. The van der Waals surface area contributed by atoms with E-state index >= 15 is 0 Å². The smallest absolute Gasteiger partial charge is 0.176 e. The highest BCUT2D eigenvalue weighted by Crippen LogP contribution is 2.20. The molecule has 1 heterocycles. The number of ether oxygens (including phenoxy) is 2. The van der Waals surface area contributed by atoms with Gasteiger partial charge in [-0.25, -0.2) is 0 Å². The van der Waals surface area contributed by atoms with E-state index in [0.29, 0.717) is 6.10 Å². The van der Waals surface area contributed by atoms with Gasteiger partial charge >= 0.3 is 0 Å². The van der Waals surface area contributed by atoms with E-state index in [1.165, 1.54) is 12.1 Å². The van der Waals surface area contributed by atoms with Crippen LogP contribution in [-0.2, 0) is 13.6 Å². The lowest BCUT2D eigenvalue weighted by atomic mass is 10.5. The van der Waals surface area contributed by atoms with Crippen molar-refractivity contribution in [3.63, 3.8) is 0 Å². The first-order valence-corrected chi connectivity index (χ1v) is 12.0. The van der Waals surface area contributed by atoms with Gasteiger partial charge in [0.15, 0.2) is 17.4 Å². The zero-order valence-corrected chi connectivity index (χ0v) is 13.3. The largest absolute Gasteiger partial charge is 0.458 e. The topological polar surface area (TPSA) is 31.0 Å². The summed E-state index contributed by atoms with van der Waals surface area (Å²) >= 11 is 0. The van der Waals surface area contributed by atoms with E-state index in [2.05, 4.69) is 26.6 Å². The molecule has 0 saturated carbocycles.